The number of amides is 1. The molecule has 6 nitrogen and oxygen atoms in total. The first-order chi connectivity index (χ1) is 7.94. The third-order valence-corrected chi connectivity index (χ3v) is 3.65. The molecule has 0 aromatic rings. The van der Waals surface area contributed by atoms with Crippen molar-refractivity contribution in [3.8, 4) is 0 Å². The van der Waals surface area contributed by atoms with Gasteiger partial charge in [0.15, 0.2) is 0 Å². The Morgan fingerprint density at radius 2 is 2.24 bits per heavy atom. The second-order valence-corrected chi connectivity index (χ2v) is 6.08. The number of likely N-dealkylation sites (tertiary alicyclic amines) is 1. The number of carbonyl (C=O) groups excluding carboxylic acids is 1. The predicted molar refractivity (Wildman–Crippen MR) is 65.9 cm³/mol. The highest BCUT2D eigenvalue weighted by Crippen LogP contribution is 2.11. The molecular weight excluding hydrogens is 242 g/mol. The van der Waals surface area contributed by atoms with E-state index in [9.17, 15) is 13.2 Å². The van der Waals surface area contributed by atoms with Crippen molar-refractivity contribution < 1.29 is 13.2 Å². The van der Waals surface area contributed by atoms with E-state index in [4.69, 9.17) is 5.14 Å². The number of carbonyl (C=O) groups is 1. The van der Waals surface area contributed by atoms with Crippen LogP contribution >= 0.6 is 0 Å². The molecule has 1 unspecified atom stereocenters. The summed E-state index contributed by atoms with van der Waals surface area (Å²) in [7, 11) is -3.41. The minimum absolute atomic E-state index is 0.0656. The van der Waals surface area contributed by atoms with Crippen LogP contribution in [0.1, 0.15) is 26.2 Å². The summed E-state index contributed by atoms with van der Waals surface area (Å²) in [6, 6.07) is -0.0931. The molecule has 0 bridgehead atoms. The van der Waals surface area contributed by atoms with E-state index >= 15 is 0 Å². The van der Waals surface area contributed by atoms with Gasteiger partial charge in [0.25, 0.3) is 0 Å². The standard InChI is InChI=1S/C10H21N3O3S/c1-2-5-12-9-4-7-13(10(9)14)6-3-8-17(11,15)16/h9,12H,2-8H2,1H3,(H2,11,15,16). The topological polar surface area (TPSA) is 92.5 Å². The number of nitrogens with two attached hydrogens (primary N) is 1. The molecular formula is C10H21N3O3S. The maximum atomic E-state index is 11.8. The number of hydrogen-bond donors (Lipinski definition) is 2. The van der Waals surface area contributed by atoms with Gasteiger partial charge >= 0.3 is 0 Å². The van der Waals surface area contributed by atoms with E-state index in [1.807, 2.05) is 0 Å². The van der Waals surface area contributed by atoms with Crippen LogP contribution in [-0.4, -0.2) is 50.7 Å². The van der Waals surface area contributed by atoms with Crippen LogP contribution in [0.25, 0.3) is 0 Å². The Kier molecular flexibility index (Phi) is 5.35. The van der Waals surface area contributed by atoms with Gasteiger partial charge in [-0.25, -0.2) is 13.6 Å². The Hall–Kier alpha value is -0.660. The number of sulfonamides is 1. The van der Waals surface area contributed by atoms with Gasteiger partial charge in [-0.15, -0.1) is 0 Å². The van der Waals surface area contributed by atoms with E-state index in [0.717, 1.165) is 19.4 Å². The summed E-state index contributed by atoms with van der Waals surface area (Å²) in [5.41, 5.74) is 0. The summed E-state index contributed by atoms with van der Waals surface area (Å²) >= 11 is 0. The van der Waals surface area contributed by atoms with E-state index in [1.54, 1.807) is 4.90 Å². The molecule has 1 heterocycles. The first kappa shape index (κ1) is 14.4. The lowest BCUT2D eigenvalue weighted by Gasteiger charge is -2.16. The number of primary sulfonamides is 1. The number of hydrogen-bond acceptors (Lipinski definition) is 4. The van der Waals surface area contributed by atoms with Crippen molar-refractivity contribution in [2.45, 2.75) is 32.2 Å². The second kappa shape index (κ2) is 6.32. The Labute approximate surface area is 103 Å². The van der Waals surface area contributed by atoms with Crippen molar-refractivity contribution >= 4 is 15.9 Å². The van der Waals surface area contributed by atoms with Gasteiger partial charge in [-0.3, -0.25) is 4.79 Å². The van der Waals surface area contributed by atoms with E-state index < -0.39 is 10.0 Å². The first-order valence-electron chi connectivity index (χ1n) is 5.96. The van der Waals surface area contributed by atoms with Crippen LogP contribution in [-0.2, 0) is 14.8 Å². The zero-order valence-corrected chi connectivity index (χ0v) is 11.0. The zero-order valence-electron chi connectivity index (χ0n) is 10.2. The minimum Gasteiger partial charge on any atom is -0.341 e. The van der Waals surface area contributed by atoms with Crippen molar-refractivity contribution in [2.24, 2.45) is 5.14 Å². The summed E-state index contributed by atoms with van der Waals surface area (Å²) in [6.45, 7) is 4.06. The largest absolute Gasteiger partial charge is 0.341 e. The Balaban J connectivity index is 2.30. The van der Waals surface area contributed by atoms with Crippen molar-refractivity contribution in [1.82, 2.24) is 10.2 Å². The molecule has 0 aliphatic carbocycles. The van der Waals surface area contributed by atoms with Gasteiger partial charge in [-0.1, -0.05) is 6.92 Å². The van der Waals surface area contributed by atoms with Gasteiger partial charge in [-0.2, -0.15) is 0 Å². The quantitative estimate of drug-likeness (QED) is 0.633. The fourth-order valence-electron chi connectivity index (χ4n) is 1.93. The minimum atomic E-state index is -3.41. The molecule has 3 N–H and O–H groups in total. The molecule has 1 fully saturated rings. The molecule has 1 aliphatic heterocycles. The van der Waals surface area contributed by atoms with Crippen LogP contribution in [0.4, 0.5) is 0 Å². The molecule has 1 aliphatic rings. The van der Waals surface area contributed by atoms with Crippen LogP contribution in [0.15, 0.2) is 0 Å². The molecule has 1 amide bonds. The SMILES string of the molecule is CCCNC1CCN(CCCS(N)(=O)=O)C1=O. The van der Waals surface area contributed by atoms with Crippen molar-refractivity contribution in [3.05, 3.63) is 0 Å². The molecule has 7 heteroatoms. The summed E-state index contributed by atoms with van der Waals surface area (Å²) in [5, 5.41) is 8.09. The average molecular weight is 263 g/mol. The van der Waals surface area contributed by atoms with Gasteiger partial charge < -0.3 is 10.2 Å². The fraction of sp³-hybridized carbons (Fsp3) is 0.900. The molecule has 0 radical (unpaired) electrons. The highest BCUT2D eigenvalue weighted by atomic mass is 32.2. The third kappa shape index (κ3) is 5.01. The predicted octanol–water partition coefficient (Wildman–Crippen LogP) is -0.734. The highest BCUT2D eigenvalue weighted by Gasteiger charge is 2.30. The van der Waals surface area contributed by atoms with Crippen molar-refractivity contribution in [3.63, 3.8) is 0 Å². The molecule has 0 aromatic carbocycles. The molecule has 1 rings (SSSR count). The summed E-state index contributed by atoms with van der Waals surface area (Å²) in [5.74, 6) is 0.0111. The first-order valence-corrected chi connectivity index (χ1v) is 7.68. The Bertz CT molecular complexity index is 356. The smallest absolute Gasteiger partial charge is 0.239 e. The lowest BCUT2D eigenvalue weighted by molar-refractivity contribution is -0.129. The molecule has 0 spiro atoms. The van der Waals surface area contributed by atoms with Gasteiger partial charge in [0, 0.05) is 13.1 Å². The van der Waals surface area contributed by atoms with Crippen molar-refractivity contribution in [1.29, 1.82) is 0 Å². The lowest BCUT2D eigenvalue weighted by atomic mass is 10.2. The maximum Gasteiger partial charge on any atom is 0.239 e. The zero-order chi connectivity index (χ0) is 12.9. The number of nitrogens with one attached hydrogen (secondary N) is 1. The summed E-state index contributed by atoms with van der Waals surface area (Å²) < 4.78 is 21.5. The van der Waals surface area contributed by atoms with Gasteiger partial charge in [0.2, 0.25) is 15.9 Å². The summed E-state index contributed by atoms with van der Waals surface area (Å²) in [6.07, 6.45) is 2.20. The number of nitrogens with zero attached hydrogens (tertiary/aromatic N) is 1. The Morgan fingerprint density at radius 1 is 1.53 bits per heavy atom. The maximum absolute atomic E-state index is 11.8. The highest BCUT2D eigenvalue weighted by molar-refractivity contribution is 7.89. The molecule has 1 saturated heterocycles. The van der Waals surface area contributed by atoms with E-state index in [-0.39, 0.29) is 17.7 Å². The Morgan fingerprint density at radius 3 is 2.82 bits per heavy atom. The van der Waals surface area contributed by atoms with Crippen molar-refractivity contribution in [2.75, 3.05) is 25.4 Å². The van der Waals surface area contributed by atoms with Gasteiger partial charge in [-0.05, 0) is 25.8 Å². The van der Waals surface area contributed by atoms with Crippen LogP contribution in [0.2, 0.25) is 0 Å². The molecule has 1 atom stereocenters. The second-order valence-electron chi connectivity index (χ2n) is 4.34. The fourth-order valence-corrected chi connectivity index (χ4v) is 2.46. The van der Waals surface area contributed by atoms with Crippen LogP contribution in [0.5, 0.6) is 0 Å². The van der Waals surface area contributed by atoms with E-state index in [1.165, 1.54) is 0 Å². The molecule has 17 heavy (non-hydrogen) atoms. The van der Waals surface area contributed by atoms with Crippen LogP contribution < -0.4 is 10.5 Å². The molecule has 0 saturated carbocycles. The van der Waals surface area contributed by atoms with Crippen LogP contribution in [0.3, 0.4) is 0 Å². The summed E-state index contributed by atoms with van der Waals surface area (Å²) in [4.78, 5) is 13.6. The van der Waals surface area contributed by atoms with E-state index in [0.29, 0.717) is 19.5 Å². The normalized spacial score (nSPS) is 21.2. The molecule has 0 aromatic heterocycles. The van der Waals surface area contributed by atoms with Gasteiger partial charge in [0.1, 0.15) is 0 Å². The monoisotopic (exact) mass is 263 g/mol. The third-order valence-electron chi connectivity index (χ3n) is 2.80. The average Bonchev–Trinajstić information content (AvgIpc) is 2.56. The number of rotatable bonds is 7. The van der Waals surface area contributed by atoms with E-state index in [2.05, 4.69) is 12.2 Å². The van der Waals surface area contributed by atoms with Crippen LogP contribution in [0, 0.1) is 0 Å². The van der Waals surface area contributed by atoms with Gasteiger partial charge in [0.05, 0.1) is 11.8 Å². The molecule has 100 valence electrons. The lowest BCUT2D eigenvalue weighted by Crippen LogP contribution is -2.39.